The topological polar surface area (TPSA) is 79.3 Å². The van der Waals surface area contributed by atoms with Crippen LogP contribution in [0.3, 0.4) is 0 Å². The molecule has 0 bridgehead atoms. The van der Waals surface area contributed by atoms with Crippen LogP contribution in [0.15, 0.2) is 42.5 Å². The standard InChI is InChI=1S/C16H15ClN2O3/c1-16(2,15(21)22)19-14(20)13-8-4-7-12(18-13)10-5-3-6-11(17)9-10/h3-9H,1-2H3,(H,19,20)(H,21,22). The number of hydrogen-bond donors (Lipinski definition) is 2. The molecule has 1 aromatic heterocycles. The molecule has 0 saturated heterocycles. The first-order chi connectivity index (χ1) is 10.3. The third-order valence-electron chi connectivity index (χ3n) is 3.06. The Morgan fingerprint density at radius 1 is 1.18 bits per heavy atom. The molecule has 2 rings (SSSR count). The number of carbonyl (C=O) groups excluding carboxylic acids is 1. The molecule has 5 nitrogen and oxygen atoms in total. The minimum Gasteiger partial charge on any atom is -0.480 e. The fourth-order valence-electron chi connectivity index (χ4n) is 1.77. The number of pyridine rings is 1. The predicted molar refractivity (Wildman–Crippen MR) is 83.9 cm³/mol. The second-order valence-corrected chi connectivity index (χ2v) is 5.74. The van der Waals surface area contributed by atoms with Crippen LogP contribution in [0.25, 0.3) is 11.3 Å². The van der Waals surface area contributed by atoms with Crippen molar-refractivity contribution >= 4 is 23.5 Å². The van der Waals surface area contributed by atoms with Crippen LogP contribution in [0.4, 0.5) is 0 Å². The van der Waals surface area contributed by atoms with E-state index in [9.17, 15) is 9.59 Å². The zero-order valence-electron chi connectivity index (χ0n) is 12.1. The Hall–Kier alpha value is -2.40. The van der Waals surface area contributed by atoms with Crippen molar-refractivity contribution in [1.82, 2.24) is 10.3 Å². The van der Waals surface area contributed by atoms with E-state index >= 15 is 0 Å². The number of rotatable bonds is 4. The van der Waals surface area contributed by atoms with E-state index < -0.39 is 17.4 Å². The Kier molecular flexibility index (Phi) is 4.47. The molecule has 6 heteroatoms. The number of carboxylic acids is 1. The molecule has 0 spiro atoms. The first-order valence-electron chi connectivity index (χ1n) is 6.58. The van der Waals surface area contributed by atoms with E-state index in [0.29, 0.717) is 10.7 Å². The van der Waals surface area contributed by atoms with Gasteiger partial charge in [0.2, 0.25) is 0 Å². The van der Waals surface area contributed by atoms with Crippen molar-refractivity contribution in [2.75, 3.05) is 0 Å². The molecule has 1 aromatic carbocycles. The molecule has 2 aromatic rings. The smallest absolute Gasteiger partial charge is 0.328 e. The van der Waals surface area contributed by atoms with Gasteiger partial charge in [-0.25, -0.2) is 9.78 Å². The van der Waals surface area contributed by atoms with E-state index in [2.05, 4.69) is 10.3 Å². The highest BCUT2D eigenvalue weighted by atomic mass is 35.5. The molecule has 0 unspecified atom stereocenters. The zero-order chi connectivity index (χ0) is 16.3. The highest BCUT2D eigenvalue weighted by molar-refractivity contribution is 6.30. The van der Waals surface area contributed by atoms with Crippen molar-refractivity contribution in [1.29, 1.82) is 0 Å². The lowest BCUT2D eigenvalue weighted by Gasteiger charge is -2.20. The highest BCUT2D eigenvalue weighted by Crippen LogP contribution is 2.21. The molecular weight excluding hydrogens is 304 g/mol. The minimum atomic E-state index is -1.37. The van der Waals surface area contributed by atoms with E-state index in [1.165, 1.54) is 19.9 Å². The van der Waals surface area contributed by atoms with E-state index in [1.807, 2.05) is 6.07 Å². The molecule has 114 valence electrons. The van der Waals surface area contributed by atoms with Gasteiger partial charge >= 0.3 is 5.97 Å². The van der Waals surface area contributed by atoms with Gasteiger partial charge in [-0.2, -0.15) is 0 Å². The van der Waals surface area contributed by atoms with Gasteiger partial charge < -0.3 is 10.4 Å². The van der Waals surface area contributed by atoms with E-state index in [0.717, 1.165) is 5.56 Å². The Bertz CT molecular complexity index is 729. The third kappa shape index (κ3) is 3.62. The molecule has 1 heterocycles. The number of carboxylic acid groups (broad SMARTS) is 1. The normalized spacial score (nSPS) is 11.0. The van der Waals surface area contributed by atoms with Gasteiger partial charge in [0.15, 0.2) is 0 Å². The van der Waals surface area contributed by atoms with Crippen molar-refractivity contribution in [3.63, 3.8) is 0 Å². The Balaban J connectivity index is 2.29. The largest absolute Gasteiger partial charge is 0.480 e. The van der Waals surface area contributed by atoms with Crippen molar-refractivity contribution in [3.05, 3.63) is 53.2 Å². The lowest BCUT2D eigenvalue weighted by atomic mass is 10.1. The summed E-state index contributed by atoms with van der Waals surface area (Å²) >= 11 is 5.95. The van der Waals surface area contributed by atoms with Gasteiger partial charge in [-0.3, -0.25) is 4.79 Å². The first kappa shape index (κ1) is 16.0. The van der Waals surface area contributed by atoms with Gasteiger partial charge in [0.25, 0.3) is 5.91 Å². The molecule has 0 aliphatic heterocycles. The predicted octanol–water partition coefficient (Wildman–Crippen LogP) is 3.00. The molecule has 0 radical (unpaired) electrons. The van der Waals surface area contributed by atoms with Gasteiger partial charge in [-0.1, -0.05) is 29.8 Å². The molecule has 2 N–H and O–H groups in total. The summed E-state index contributed by atoms with van der Waals surface area (Å²) in [5, 5.41) is 12.1. The third-order valence-corrected chi connectivity index (χ3v) is 3.30. The quantitative estimate of drug-likeness (QED) is 0.908. The van der Waals surface area contributed by atoms with Gasteiger partial charge in [0, 0.05) is 10.6 Å². The van der Waals surface area contributed by atoms with Crippen molar-refractivity contribution in [2.45, 2.75) is 19.4 Å². The van der Waals surface area contributed by atoms with Crippen molar-refractivity contribution < 1.29 is 14.7 Å². The SMILES string of the molecule is CC(C)(NC(=O)c1cccc(-c2cccc(Cl)c2)n1)C(=O)O. The number of carbonyl (C=O) groups is 2. The van der Waals surface area contributed by atoms with Crippen LogP contribution in [0.2, 0.25) is 5.02 Å². The maximum absolute atomic E-state index is 12.2. The highest BCUT2D eigenvalue weighted by Gasteiger charge is 2.29. The van der Waals surface area contributed by atoms with Gasteiger partial charge in [-0.05, 0) is 38.1 Å². The number of aliphatic carboxylic acids is 1. The Labute approximate surface area is 133 Å². The van der Waals surface area contributed by atoms with Crippen LogP contribution in [0.1, 0.15) is 24.3 Å². The number of hydrogen-bond acceptors (Lipinski definition) is 3. The maximum atomic E-state index is 12.2. The molecule has 0 atom stereocenters. The van der Waals surface area contributed by atoms with Gasteiger partial charge in [0.05, 0.1) is 5.69 Å². The number of benzene rings is 1. The van der Waals surface area contributed by atoms with Crippen LogP contribution >= 0.6 is 11.6 Å². The number of aromatic nitrogens is 1. The second kappa shape index (κ2) is 6.15. The minimum absolute atomic E-state index is 0.145. The molecule has 1 amide bonds. The summed E-state index contributed by atoms with van der Waals surface area (Å²) in [6.45, 7) is 2.82. The summed E-state index contributed by atoms with van der Waals surface area (Å²) in [4.78, 5) is 27.5. The molecule has 0 fully saturated rings. The maximum Gasteiger partial charge on any atom is 0.328 e. The fraction of sp³-hybridized carbons (Fsp3) is 0.188. The number of nitrogens with one attached hydrogen (secondary N) is 1. The number of amides is 1. The Morgan fingerprint density at radius 2 is 1.86 bits per heavy atom. The van der Waals surface area contributed by atoms with Crippen LogP contribution in [0.5, 0.6) is 0 Å². The van der Waals surface area contributed by atoms with Gasteiger partial charge in [-0.15, -0.1) is 0 Å². The average molecular weight is 319 g/mol. The summed E-state index contributed by atoms with van der Waals surface area (Å²) in [7, 11) is 0. The number of nitrogens with zero attached hydrogens (tertiary/aromatic N) is 1. The molecular formula is C16H15ClN2O3. The van der Waals surface area contributed by atoms with Crippen LogP contribution in [-0.2, 0) is 4.79 Å². The fourth-order valence-corrected chi connectivity index (χ4v) is 1.96. The monoisotopic (exact) mass is 318 g/mol. The first-order valence-corrected chi connectivity index (χ1v) is 6.96. The van der Waals surface area contributed by atoms with Crippen molar-refractivity contribution in [2.24, 2.45) is 0 Å². The van der Waals surface area contributed by atoms with E-state index in [-0.39, 0.29) is 5.69 Å². The van der Waals surface area contributed by atoms with Gasteiger partial charge in [0.1, 0.15) is 11.2 Å². The van der Waals surface area contributed by atoms with Crippen molar-refractivity contribution in [3.8, 4) is 11.3 Å². The molecule has 0 aliphatic carbocycles. The summed E-state index contributed by atoms with van der Waals surface area (Å²) in [6, 6.07) is 12.1. The molecule has 0 aliphatic rings. The Morgan fingerprint density at radius 3 is 2.50 bits per heavy atom. The molecule has 22 heavy (non-hydrogen) atoms. The van der Waals surface area contributed by atoms with Crippen LogP contribution in [0, 0.1) is 0 Å². The summed E-state index contributed by atoms with van der Waals surface area (Å²) in [5.74, 6) is -1.66. The van der Waals surface area contributed by atoms with Crippen LogP contribution < -0.4 is 5.32 Å². The zero-order valence-corrected chi connectivity index (χ0v) is 12.9. The van der Waals surface area contributed by atoms with E-state index in [1.54, 1.807) is 30.3 Å². The number of halogens is 1. The average Bonchev–Trinajstić information content (AvgIpc) is 2.47. The summed E-state index contributed by atoms with van der Waals surface area (Å²) < 4.78 is 0. The summed E-state index contributed by atoms with van der Waals surface area (Å²) in [5.41, 5.74) is 0.139. The lowest BCUT2D eigenvalue weighted by molar-refractivity contribution is -0.143. The van der Waals surface area contributed by atoms with E-state index in [4.69, 9.17) is 16.7 Å². The lowest BCUT2D eigenvalue weighted by Crippen LogP contribution is -2.49. The second-order valence-electron chi connectivity index (χ2n) is 5.30. The summed E-state index contributed by atoms with van der Waals surface area (Å²) in [6.07, 6.45) is 0. The molecule has 0 saturated carbocycles. The van der Waals surface area contributed by atoms with Crippen LogP contribution in [-0.4, -0.2) is 27.5 Å².